The number of aryl methyl sites for hydroxylation is 2. The van der Waals surface area contributed by atoms with Crippen molar-refractivity contribution in [1.82, 2.24) is 24.8 Å². The van der Waals surface area contributed by atoms with Gasteiger partial charge in [0.1, 0.15) is 5.56 Å². The molecule has 44 heavy (non-hydrogen) atoms. The highest BCUT2D eigenvalue weighted by atomic mass is 35.5. The van der Waals surface area contributed by atoms with Crippen molar-refractivity contribution in [3.63, 3.8) is 0 Å². The van der Waals surface area contributed by atoms with Crippen molar-refractivity contribution in [1.29, 1.82) is 0 Å². The van der Waals surface area contributed by atoms with Crippen LogP contribution >= 0.6 is 11.6 Å². The smallest absolute Gasteiger partial charge is 0.330 e. The first-order valence-corrected chi connectivity index (χ1v) is 14.9. The molecule has 5 rings (SSSR count). The van der Waals surface area contributed by atoms with Crippen LogP contribution in [-0.2, 0) is 31.9 Å². The number of aromatic nitrogens is 3. The minimum absolute atomic E-state index is 0.108. The van der Waals surface area contributed by atoms with Gasteiger partial charge in [0, 0.05) is 68.4 Å². The van der Waals surface area contributed by atoms with E-state index in [9.17, 15) is 19.2 Å². The van der Waals surface area contributed by atoms with Crippen molar-refractivity contribution in [3.05, 3.63) is 103 Å². The van der Waals surface area contributed by atoms with Gasteiger partial charge in [0.15, 0.2) is 0 Å². The Morgan fingerprint density at radius 2 is 1.77 bits per heavy atom. The van der Waals surface area contributed by atoms with Crippen LogP contribution in [0.5, 0.6) is 0 Å². The highest BCUT2D eigenvalue weighted by Gasteiger charge is 2.21. The molecule has 0 saturated carbocycles. The summed E-state index contributed by atoms with van der Waals surface area (Å²) in [5, 5.41) is 9.78. The zero-order valence-corrected chi connectivity index (χ0v) is 25.9. The molecule has 0 radical (unpaired) electrons. The largest absolute Gasteiger partial charge is 0.352 e. The average molecular weight is 615 g/mol. The van der Waals surface area contributed by atoms with E-state index in [0.717, 1.165) is 56.6 Å². The van der Waals surface area contributed by atoms with Crippen LogP contribution in [0.25, 0.3) is 22.4 Å². The van der Waals surface area contributed by atoms with Crippen LogP contribution in [0.2, 0.25) is 5.02 Å². The topological polar surface area (TPSA) is 127 Å². The van der Waals surface area contributed by atoms with Crippen molar-refractivity contribution < 1.29 is 9.59 Å². The van der Waals surface area contributed by atoms with Crippen molar-refractivity contribution in [2.75, 3.05) is 11.9 Å². The normalized spacial score (nSPS) is 14.5. The van der Waals surface area contributed by atoms with Gasteiger partial charge in [-0.15, -0.1) is 0 Å². The van der Waals surface area contributed by atoms with Gasteiger partial charge in [-0.05, 0) is 48.6 Å². The third-order valence-corrected chi connectivity index (χ3v) is 8.44. The second kappa shape index (κ2) is 13.0. The Morgan fingerprint density at radius 1 is 1.05 bits per heavy atom. The predicted octanol–water partition coefficient (Wildman–Crippen LogP) is 3.96. The summed E-state index contributed by atoms with van der Waals surface area (Å²) in [6.07, 6.45) is 3.43. The number of anilines is 1. The molecule has 4 aromatic rings. The zero-order valence-electron chi connectivity index (χ0n) is 25.2. The van der Waals surface area contributed by atoms with E-state index in [1.54, 1.807) is 6.07 Å². The van der Waals surface area contributed by atoms with Crippen LogP contribution in [0, 0.1) is 6.92 Å². The molecule has 1 aliphatic heterocycles. The molecule has 2 aromatic carbocycles. The van der Waals surface area contributed by atoms with Crippen molar-refractivity contribution in [2.45, 2.75) is 45.7 Å². The van der Waals surface area contributed by atoms with Gasteiger partial charge >= 0.3 is 5.69 Å². The number of benzene rings is 2. The molecule has 3 N–H and O–H groups in total. The maximum atomic E-state index is 13.1. The molecule has 1 fully saturated rings. The Hall–Kier alpha value is -4.54. The minimum atomic E-state index is -0.668. The Kier molecular flexibility index (Phi) is 9.12. The van der Waals surface area contributed by atoms with Gasteiger partial charge in [-0.1, -0.05) is 54.9 Å². The van der Waals surface area contributed by atoms with E-state index in [2.05, 4.69) is 28.9 Å². The van der Waals surface area contributed by atoms with Crippen LogP contribution in [0.15, 0.2) is 64.3 Å². The third-order valence-electron chi connectivity index (χ3n) is 8.03. The number of halogens is 1. The average Bonchev–Trinajstić information content (AvgIpc) is 3.44. The lowest BCUT2D eigenvalue weighted by molar-refractivity contribution is -0.119. The van der Waals surface area contributed by atoms with Gasteiger partial charge in [-0.25, -0.2) is 4.79 Å². The van der Waals surface area contributed by atoms with Crippen LogP contribution in [-0.4, -0.2) is 38.5 Å². The number of carbonyl (C=O) groups excluding carboxylic acids is 2. The van der Waals surface area contributed by atoms with E-state index < -0.39 is 17.2 Å². The van der Waals surface area contributed by atoms with E-state index in [-0.39, 0.29) is 17.5 Å². The fourth-order valence-corrected chi connectivity index (χ4v) is 5.84. The second-order valence-electron chi connectivity index (χ2n) is 11.0. The second-order valence-corrected chi connectivity index (χ2v) is 11.4. The van der Waals surface area contributed by atoms with Gasteiger partial charge in [0.25, 0.3) is 11.5 Å². The summed E-state index contributed by atoms with van der Waals surface area (Å²) in [7, 11) is 2.82. The van der Waals surface area contributed by atoms with Crippen molar-refractivity contribution in [3.8, 4) is 22.4 Å². The lowest BCUT2D eigenvalue weighted by Crippen LogP contribution is -2.40. The monoisotopic (exact) mass is 614 g/mol. The van der Waals surface area contributed by atoms with Gasteiger partial charge in [-0.2, -0.15) is 0 Å². The number of carbonyl (C=O) groups is 2. The van der Waals surface area contributed by atoms with E-state index in [1.807, 2.05) is 43.3 Å². The molecule has 0 spiro atoms. The molecule has 1 aliphatic rings. The number of amides is 2. The molecular formula is C33H35ClN6O4. The molecule has 2 amide bonds. The molecule has 1 saturated heterocycles. The molecule has 0 bridgehead atoms. The molecule has 1 atom stereocenters. The third kappa shape index (κ3) is 6.22. The summed E-state index contributed by atoms with van der Waals surface area (Å²) in [6, 6.07) is 15.5. The first kappa shape index (κ1) is 30.9. The van der Waals surface area contributed by atoms with E-state index in [1.165, 1.54) is 24.9 Å². The number of hydrogen-bond donors (Lipinski definition) is 3. The molecule has 1 unspecified atom stereocenters. The number of nitrogens with zero attached hydrogens (tertiary/aromatic N) is 3. The fourth-order valence-electron chi connectivity index (χ4n) is 5.51. The van der Waals surface area contributed by atoms with Gasteiger partial charge in [0.05, 0.1) is 10.7 Å². The summed E-state index contributed by atoms with van der Waals surface area (Å²) in [6.45, 7) is 5.31. The maximum absolute atomic E-state index is 13.1. The molecule has 3 heterocycles. The summed E-state index contributed by atoms with van der Waals surface area (Å²) in [4.78, 5) is 54.2. The first-order chi connectivity index (χ1) is 21.1. The van der Waals surface area contributed by atoms with Crippen LogP contribution in [0.1, 0.15) is 46.9 Å². The highest BCUT2D eigenvalue weighted by molar-refractivity contribution is 6.36. The number of hydrogen-bond acceptors (Lipinski definition) is 6. The molecule has 10 nitrogen and oxygen atoms in total. The van der Waals surface area contributed by atoms with E-state index in [4.69, 9.17) is 16.6 Å². The summed E-state index contributed by atoms with van der Waals surface area (Å²) < 4.78 is 2.10. The Labute approximate surface area is 260 Å². The Balaban J connectivity index is 1.40. The molecular weight excluding hydrogens is 580 g/mol. The quantitative estimate of drug-likeness (QED) is 0.262. The van der Waals surface area contributed by atoms with Crippen molar-refractivity contribution in [2.24, 2.45) is 14.1 Å². The first-order valence-electron chi connectivity index (χ1n) is 14.5. The summed E-state index contributed by atoms with van der Waals surface area (Å²) in [5.74, 6) is -0.503. The van der Waals surface area contributed by atoms with E-state index >= 15 is 0 Å². The van der Waals surface area contributed by atoms with Gasteiger partial charge < -0.3 is 20.5 Å². The van der Waals surface area contributed by atoms with Crippen molar-refractivity contribution >= 4 is 29.1 Å². The van der Waals surface area contributed by atoms with Crippen LogP contribution < -0.4 is 27.2 Å². The summed E-state index contributed by atoms with van der Waals surface area (Å²) >= 11 is 7.03. The molecule has 2 aromatic heterocycles. The molecule has 0 aliphatic carbocycles. The lowest BCUT2D eigenvalue weighted by atomic mass is 9.96. The minimum Gasteiger partial charge on any atom is -0.352 e. The molecule has 228 valence electrons. The maximum Gasteiger partial charge on any atom is 0.330 e. The van der Waals surface area contributed by atoms with Gasteiger partial charge in [0.2, 0.25) is 5.91 Å². The molecule has 11 heteroatoms. The van der Waals surface area contributed by atoms with Crippen LogP contribution in [0.4, 0.5) is 5.69 Å². The Bertz CT molecular complexity index is 1880. The van der Waals surface area contributed by atoms with Gasteiger partial charge in [-0.3, -0.25) is 23.9 Å². The highest BCUT2D eigenvalue weighted by Crippen LogP contribution is 2.39. The predicted molar refractivity (Wildman–Crippen MR) is 172 cm³/mol. The van der Waals surface area contributed by atoms with Crippen LogP contribution in [0.3, 0.4) is 0 Å². The van der Waals surface area contributed by atoms with E-state index in [0.29, 0.717) is 30.2 Å². The number of nitrogens with one attached hydrogen (secondary N) is 3. The zero-order chi connectivity index (χ0) is 31.5. The lowest BCUT2D eigenvalue weighted by Gasteiger charge is -2.17. The Morgan fingerprint density at radius 3 is 2.50 bits per heavy atom. The number of pyridine rings is 1. The fraction of sp³-hybridized carbons (Fsp3) is 0.303. The number of rotatable bonds is 9. The SMILES string of the molecule is CCc1nc(-c2cccc(-c3cccc(NC(=O)c4cn(C)c(=O)n(C)c4=O)c3C)c2Cl)ccc1CNCC1CCC(=O)N1. The summed E-state index contributed by atoms with van der Waals surface area (Å²) in [5.41, 5.74) is 5.18. The standard InChI is InChI=1S/C33H35ClN6O4/c1-5-26-20(16-35-17-21-13-15-29(41)36-21)12-14-28(37-26)24-10-6-9-23(30(24)34)22-8-7-11-27(19(22)2)38-31(42)25-18-39(3)33(44)40(4)32(25)43/h6-12,14,18,21,35H,5,13,15-17H2,1-4H3,(H,36,41)(H,38,42).